The van der Waals surface area contributed by atoms with Crippen molar-refractivity contribution in [2.45, 2.75) is 63.3 Å². The van der Waals surface area contributed by atoms with Gasteiger partial charge in [0, 0.05) is 43.6 Å². The third-order valence-corrected chi connectivity index (χ3v) is 6.24. The molecule has 6 heteroatoms. The largest absolute Gasteiger partial charge is 0.493 e. The fraction of sp³-hybridized carbons (Fsp3) is 0.591. The number of aryl methyl sites for hydroxylation is 1. The molecule has 2 aliphatic rings. The fourth-order valence-electron chi connectivity index (χ4n) is 4.98. The van der Waals surface area contributed by atoms with Crippen LogP contribution in [0.3, 0.4) is 0 Å². The molecule has 3 heterocycles. The Labute approximate surface area is 167 Å². The molecule has 0 aliphatic carbocycles. The van der Waals surface area contributed by atoms with Crippen molar-refractivity contribution in [2.75, 3.05) is 13.7 Å². The van der Waals surface area contributed by atoms with Crippen molar-refractivity contribution in [3.8, 4) is 11.5 Å². The van der Waals surface area contributed by atoms with Gasteiger partial charge in [0.25, 0.3) is 0 Å². The van der Waals surface area contributed by atoms with Crippen LogP contribution in [0.5, 0.6) is 11.5 Å². The van der Waals surface area contributed by atoms with Crippen LogP contribution >= 0.6 is 0 Å². The van der Waals surface area contributed by atoms with Crippen molar-refractivity contribution in [3.05, 3.63) is 42.0 Å². The average Bonchev–Trinajstić information content (AvgIpc) is 3.22. The quantitative estimate of drug-likeness (QED) is 0.793. The van der Waals surface area contributed by atoms with Gasteiger partial charge in [-0.25, -0.2) is 4.98 Å². The number of rotatable bonds is 7. The van der Waals surface area contributed by atoms with Gasteiger partial charge in [-0.3, -0.25) is 4.90 Å². The second-order valence-corrected chi connectivity index (χ2v) is 8.16. The molecule has 152 valence electrons. The third-order valence-electron chi connectivity index (χ3n) is 6.24. The average molecular weight is 386 g/mol. The Hall–Kier alpha value is -2.05. The maximum absolute atomic E-state index is 11.4. The molecule has 1 N–H and O–H groups in total. The summed E-state index contributed by atoms with van der Waals surface area (Å²) in [5, 5.41) is 11.4. The lowest BCUT2D eigenvalue weighted by Crippen LogP contribution is -2.50. The first-order chi connectivity index (χ1) is 13.6. The summed E-state index contributed by atoms with van der Waals surface area (Å²) in [5.74, 6) is 2.44. The summed E-state index contributed by atoms with van der Waals surface area (Å²) in [7, 11) is 3.65. The molecular weight excluding hydrogens is 354 g/mol. The number of benzene rings is 1. The van der Waals surface area contributed by atoms with Crippen molar-refractivity contribution in [3.63, 3.8) is 0 Å². The molecule has 2 saturated heterocycles. The molecule has 0 spiro atoms. The summed E-state index contributed by atoms with van der Waals surface area (Å²) in [6.07, 6.45) is 8.33. The van der Waals surface area contributed by atoms with Gasteiger partial charge in [-0.05, 0) is 38.2 Å². The smallest absolute Gasteiger partial charge is 0.165 e. The highest BCUT2D eigenvalue weighted by molar-refractivity contribution is 5.46. The molecule has 3 atom stereocenters. The number of methoxy groups -OCH3 is 1. The normalized spacial score (nSPS) is 27.1. The van der Waals surface area contributed by atoms with Crippen LogP contribution in [0.25, 0.3) is 0 Å². The number of hydrogen-bond acceptors (Lipinski definition) is 5. The number of nitrogens with zero attached hydrogens (tertiary/aromatic N) is 3. The number of aliphatic hydroxyl groups is 1. The number of fused-ring (bicyclic) bond motifs is 2. The Morgan fingerprint density at radius 3 is 2.61 bits per heavy atom. The van der Waals surface area contributed by atoms with Crippen LogP contribution in [-0.4, -0.2) is 45.4 Å². The van der Waals surface area contributed by atoms with Gasteiger partial charge in [0.15, 0.2) is 11.5 Å². The van der Waals surface area contributed by atoms with E-state index < -0.39 is 5.60 Å². The molecule has 1 unspecified atom stereocenters. The number of hydrogen-bond donors (Lipinski definition) is 1. The standard InChI is InChI=1S/C22H31N3O3/c1-4-12-28-20-16(6-5-7-19(20)27-3)15-25-17-8-9-18(25)14-22(26,13-17)21-23-10-11-24(21)2/h5-7,10-11,17-18,26H,4,8-9,12-15H2,1-3H3/t17-,18+,22?. The summed E-state index contributed by atoms with van der Waals surface area (Å²) >= 11 is 0. The highest BCUT2D eigenvalue weighted by atomic mass is 16.5. The Morgan fingerprint density at radius 1 is 1.25 bits per heavy atom. The molecule has 0 radical (unpaired) electrons. The first-order valence-electron chi connectivity index (χ1n) is 10.3. The molecule has 0 saturated carbocycles. The Kier molecular flexibility index (Phi) is 5.34. The zero-order chi connectivity index (χ0) is 19.7. The highest BCUT2D eigenvalue weighted by Crippen LogP contribution is 2.46. The Morgan fingerprint density at radius 2 is 2.00 bits per heavy atom. The lowest BCUT2D eigenvalue weighted by atomic mass is 9.85. The van der Waals surface area contributed by atoms with Gasteiger partial charge in [-0.15, -0.1) is 0 Å². The van der Waals surface area contributed by atoms with Gasteiger partial charge < -0.3 is 19.1 Å². The Bertz CT molecular complexity index is 805. The molecule has 1 aromatic carbocycles. The number of ether oxygens (including phenoxy) is 2. The van der Waals surface area contributed by atoms with Crippen molar-refractivity contribution in [1.29, 1.82) is 0 Å². The predicted octanol–water partition coefficient (Wildman–Crippen LogP) is 3.23. The third kappa shape index (κ3) is 3.40. The minimum absolute atomic E-state index is 0.352. The first-order valence-corrected chi connectivity index (χ1v) is 10.3. The van der Waals surface area contributed by atoms with Crippen LogP contribution in [0, 0.1) is 0 Å². The van der Waals surface area contributed by atoms with Gasteiger partial charge in [0.05, 0.1) is 13.7 Å². The second kappa shape index (κ2) is 7.76. The predicted molar refractivity (Wildman–Crippen MR) is 107 cm³/mol. The summed E-state index contributed by atoms with van der Waals surface area (Å²) in [4.78, 5) is 6.99. The summed E-state index contributed by atoms with van der Waals surface area (Å²) < 4.78 is 13.5. The van der Waals surface area contributed by atoms with E-state index in [1.165, 1.54) is 0 Å². The van der Waals surface area contributed by atoms with Crippen LogP contribution < -0.4 is 9.47 Å². The first kappa shape index (κ1) is 19.3. The number of imidazole rings is 1. The lowest BCUT2D eigenvalue weighted by Gasteiger charge is -2.43. The maximum atomic E-state index is 11.4. The van der Waals surface area contributed by atoms with Crippen LogP contribution in [0.15, 0.2) is 30.6 Å². The molecule has 2 fully saturated rings. The SMILES string of the molecule is CCCOc1c(CN2[C@@H]3CC[C@H]2CC(O)(c2nccn2C)C3)cccc1OC. The second-order valence-electron chi connectivity index (χ2n) is 8.16. The van der Waals surface area contributed by atoms with Gasteiger partial charge in [0.2, 0.25) is 0 Å². The van der Waals surface area contributed by atoms with E-state index in [0.29, 0.717) is 18.7 Å². The minimum atomic E-state index is -0.837. The van der Waals surface area contributed by atoms with Gasteiger partial charge >= 0.3 is 0 Å². The summed E-state index contributed by atoms with van der Waals surface area (Å²) in [5.41, 5.74) is 0.323. The van der Waals surface area contributed by atoms with E-state index >= 15 is 0 Å². The number of para-hydroxylation sites is 1. The van der Waals surface area contributed by atoms with Gasteiger partial charge in [0.1, 0.15) is 11.4 Å². The van der Waals surface area contributed by atoms with Crippen molar-refractivity contribution in [1.82, 2.24) is 14.5 Å². The fourth-order valence-corrected chi connectivity index (χ4v) is 4.98. The van der Waals surface area contributed by atoms with E-state index in [4.69, 9.17) is 9.47 Å². The number of aromatic nitrogens is 2. The minimum Gasteiger partial charge on any atom is -0.493 e. The van der Waals surface area contributed by atoms with Crippen LogP contribution in [0.1, 0.15) is 50.4 Å². The van der Waals surface area contributed by atoms with E-state index in [-0.39, 0.29) is 0 Å². The van der Waals surface area contributed by atoms with Crippen LogP contribution in [-0.2, 0) is 19.2 Å². The topological polar surface area (TPSA) is 59.8 Å². The monoisotopic (exact) mass is 385 g/mol. The zero-order valence-electron chi connectivity index (χ0n) is 17.1. The van der Waals surface area contributed by atoms with Gasteiger partial charge in [-0.1, -0.05) is 19.1 Å². The summed E-state index contributed by atoms with van der Waals surface area (Å²) in [6, 6.07) is 6.82. The molecule has 4 rings (SSSR count). The molecule has 0 amide bonds. The lowest BCUT2D eigenvalue weighted by molar-refractivity contribution is -0.0670. The number of piperidine rings is 1. The van der Waals surface area contributed by atoms with E-state index in [0.717, 1.165) is 61.5 Å². The van der Waals surface area contributed by atoms with E-state index in [1.807, 2.05) is 29.9 Å². The molecule has 2 aromatic rings. The Balaban J connectivity index is 1.56. The molecule has 2 aliphatic heterocycles. The molecule has 6 nitrogen and oxygen atoms in total. The maximum Gasteiger partial charge on any atom is 0.165 e. The van der Waals surface area contributed by atoms with Gasteiger partial charge in [-0.2, -0.15) is 0 Å². The summed E-state index contributed by atoms with van der Waals surface area (Å²) in [6.45, 7) is 3.61. The van der Waals surface area contributed by atoms with E-state index in [2.05, 4.69) is 22.9 Å². The molecule has 2 bridgehead atoms. The molecule has 1 aromatic heterocycles. The van der Waals surface area contributed by atoms with E-state index in [9.17, 15) is 5.11 Å². The zero-order valence-corrected chi connectivity index (χ0v) is 17.1. The van der Waals surface area contributed by atoms with Crippen molar-refractivity contribution in [2.24, 2.45) is 7.05 Å². The highest BCUT2D eigenvalue weighted by Gasteiger charge is 2.49. The van der Waals surface area contributed by atoms with E-state index in [1.54, 1.807) is 13.3 Å². The van der Waals surface area contributed by atoms with Crippen LogP contribution in [0.2, 0.25) is 0 Å². The molecular formula is C22H31N3O3. The van der Waals surface area contributed by atoms with Crippen molar-refractivity contribution < 1.29 is 14.6 Å². The molecule has 28 heavy (non-hydrogen) atoms. The van der Waals surface area contributed by atoms with Crippen molar-refractivity contribution >= 4 is 0 Å². The van der Waals surface area contributed by atoms with Crippen LogP contribution in [0.4, 0.5) is 0 Å².